The maximum Gasteiger partial charge on any atom is 0.246 e. The molecule has 0 spiro atoms. The van der Waals surface area contributed by atoms with Crippen LogP contribution in [0.25, 0.3) is 0 Å². The third-order valence-corrected chi connectivity index (χ3v) is 4.56. The van der Waals surface area contributed by atoms with Crippen LogP contribution in [0.5, 0.6) is 0 Å². The summed E-state index contributed by atoms with van der Waals surface area (Å²) in [6.07, 6.45) is 2.52. The number of rotatable bonds is 5. The van der Waals surface area contributed by atoms with Gasteiger partial charge in [-0.25, -0.2) is 13.1 Å². The molecule has 1 fully saturated rings. The van der Waals surface area contributed by atoms with E-state index in [1.165, 1.54) is 0 Å². The molecule has 8 nitrogen and oxygen atoms in total. The fraction of sp³-hybridized carbons (Fsp3) is 0.600. The Morgan fingerprint density at radius 1 is 1.63 bits per heavy atom. The number of nitrogens with zero attached hydrogens (tertiary/aromatic N) is 2. The van der Waals surface area contributed by atoms with Gasteiger partial charge in [0, 0.05) is 25.6 Å². The van der Waals surface area contributed by atoms with Crippen molar-refractivity contribution in [3.05, 3.63) is 6.20 Å². The number of H-pyrrole nitrogens is 1. The lowest BCUT2D eigenvalue weighted by Crippen LogP contribution is -2.42. The molecule has 1 aliphatic heterocycles. The molecule has 1 atom stereocenters. The smallest absolute Gasteiger partial charge is 0.246 e. The van der Waals surface area contributed by atoms with Gasteiger partial charge < -0.3 is 10.6 Å². The van der Waals surface area contributed by atoms with Crippen LogP contribution in [0.1, 0.15) is 19.8 Å². The predicted octanol–water partition coefficient (Wildman–Crippen LogP) is -0.719. The van der Waals surface area contributed by atoms with Gasteiger partial charge in [-0.15, -0.1) is 0 Å². The molecule has 106 valence electrons. The van der Waals surface area contributed by atoms with Crippen molar-refractivity contribution in [3.8, 4) is 0 Å². The number of carbonyl (C=O) groups is 1. The van der Waals surface area contributed by atoms with E-state index >= 15 is 0 Å². The van der Waals surface area contributed by atoms with Crippen molar-refractivity contribution >= 4 is 21.7 Å². The fourth-order valence-corrected chi connectivity index (χ4v) is 3.35. The van der Waals surface area contributed by atoms with Crippen molar-refractivity contribution in [1.29, 1.82) is 0 Å². The average molecular weight is 287 g/mol. The van der Waals surface area contributed by atoms with E-state index in [-0.39, 0.29) is 22.7 Å². The molecule has 9 heteroatoms. The molecule has 4 N–H and O–H groups in total. The second kappa shape index (κ2) is 5.17. The van der Waals surface area contributed by atoms with Gasteiger partial charge in [0.15, 0.2) is 0 Å². The minimum atomic E-state index is -3.71. The van der Waals surface area contributed by atoms with Crippen LogP contribution in [0.4, 0.5) is 5.82 Å². The van der Waals surface area contributed by atoms with Crippen LogP contribution in [-0.2, 0) is 14.8 Å². The van der Waals surface area contributed by atoms with Crippen LogP contribution in [0.2, 0.25) is 0 Å². The maximum atomic E-state index is 12.0. The van der Waals surface area contributed by atoms with Gasteiger partial charge in [-0.2, -0.15) is 5.10 Å². The second-order valence-electron chi connectivity index (χ2n) is 4.61. The third-order valence-electron chi connectivity index (χ3n) is 2.94. The first-order valence-corrected chi connectivity index (χ1v) is 7.47. The summed E-state index contributed by atoms with van der Waals surface area (Å²) < 4.78 is 26.5. The van der Waals surface area contributed by atoms with Crippen LogP contribution >= 0.6 is 0 Å². The molecule has 1 aliphatic rings. The summed E-state index contributed by atoms with van der Waals surface area (Å²) in [5, 5.41) is 5.95. The monoisotopic (exact) mass is 287 g/mol. The third kappa shape index (κ3) is 3.04. The highest BCUT2D eigenvalue weighted by molar-refractivity contribution is 7.89. The zero-order valence-electron chi connectivity index (χ0n) is 10.6. The molecular weight excluding hydrogens is 270 g/mol. The highest BCUT2D eigenvalue weighted by atomic mass is 32.2. The summed E-state index contributed by atoms with van der Waals surface area (Å²) in [4.78, 5) is 13.1. The molecule has 0 bridgehead atoms. The van der Waals surface area contributed by atoms with Crippen LogP contribution < -0.4 is 10.5 Å². The van der Waals surface area contributed by atoms with E-state index in [1.807, 2.05) is 0 Å². The minimum Gasteiger partial charge on any atom is -0.383 e. The number of nitrogen functional groups attached to an aromatic ring is 1. The van der Waals surface area contributed by atoms with E-state index in [0.717, 1.165) is 12.6 Å². The molecule has 1 aromatic heterocycles. The van der Waals surface area contributed by atoms with Gasteiger partial charge in [-0.3, -0.25) is 9.89 Å². The summed E-state index contributed by atoms with van der Waals surface area (Å²) in [5.74, 6) is 0.0609. The van der Waals surface area contributed by atoms with Gasteiger partial charge in [-0.1, -0.05) is 0 Å². The highest BCUT2D eigenvalue weighted by Gasteiger charge is 2.26. The molecule has 2 heterocycles. The van der Waals surface area contributed by atoms with E-state index < -0.39 is 10.0 Å². The molecule has 1 amide bonds. The summed E-state index contributed by atoms with van der Waals surface area (Å²) in [7, 11) is -3.71. The summed E-state index contributed by atoms with van der Waals surface area (Å²) in [6, 6.07) is -0.388. The second-order valence-corrected chi connectivity index (χ2v) is 6.30. The summed E-state index contributed by atoms with van der Waals surface area (Å²) in [5.41, 5.74) is 5.49. The van der Waals surface area contributed by atoms with Crippen LogP contribution in [-0.4, -0.2) is 48.6 Å². The number of sulfonamides is 1. The van der Waals surface area contributed by atoms with E-state index in [4.69, 9.17) is 5.73 Å². The van der Waals surface area contributed by atoms with Crippen molar-refractivity contribution in [2.45, 2.75) is 30.7 Å². The summed E-state index contributed by atoms with van der Waals surface area (Å²) >= 11 is 0. The lowest BCUT2D eigenvalue weighted by Gasteiger charge is -2.21. The van der Waals surface area contributed by atoms with Crippen molar-refractivity contribution in [1.82, 2.24) is 19.8 Å². The number of nitrogens with one attached hydrogen (secondary N) is 2. The number of aromatic amines is 1. The molecule has 2 rings (SSSR count). The molecule has 0 aromatic carbocycles. The number of carbonyl (C=O) groups excluding carboxylic acids is 1. The van der Waals surface area contributed by atoms with E-state index in [1.54, 1.807) is 11.8 Å². The van der Waals surface area contributed by atoms with Crippen molar-refractivity contribution in [2.24, 2.45) is 0 Å². The van der Waals surface area contributed by atoms with E-state index in [9.17, 15) is 13.2 Å². The quantitative estimate of drug-likeness (QED) is 0.660. The van der Waals surface area contributed by atoms with Gasteiger partial charge in [0.25, 0.3) is 0 Å². The number of amides is 1. The van der Waals surface area contributed by atoms with Gasteiger partial charge >= 0.3 is 0 Å². The molecule has 0 aliphatic carbocycles. The standard InChI is InChI=1S/C10H17N5O3S/c1-7(6-15-4-2-3-9(15)16)14-19(17,18)8-5-12-13-10(8)11/h5,7,14H,2-4,6H2,1H3,(H3,11,12,13). The molecule has 0 radical (unpaired) electrons. The molecule has 0 saturated carbocycles. The Labute approximate surface area is 111 Å². The molecule has 1 aromatic rings. The number of nitrogens with two attached hydrogens (primary N) is 1. The zero-order chi connectivity index (χ0) is 14.0. The van der Waals surface area contributed by atoms with Crippen LogP contribution in [0.3, 0.4) is 0 Å². The van der Waals surface area contributed by atoms with Crippen molar-refractivity contribution in [3.63, 3.8) is 0 Å². The average Bonchev–Trinajstić information content (AvgIpc) is 2.88. The Morgan fingerprint density at radius 3 is 2.89 bits per heavy atom. The van der Waals surface area contributed by atoms with Gasteiger partial charge in [-0.05, 0) is 13.3 Å². The molecule has 1 saturated heterocycles. The number of anilines is 1. The van der Waals surface area contributed by atoms with Crippen LogP contribution in [0.15, 0.2) is 11.1 Å². The topological polar surface area (TPSA) is 121 Å². The van der Waals surface area contributed by atoms with Crippen molar-refractivity contribution in [2.75, 3.05) is 18.8 Å². The SMILES string of the molecule is CC(CN1CCCC1=O)NS(=O)(=O)c1cn[nH]c1N. The van der Waals surface area contributed by atoms with E-state index in [0.29, 0.717) is 19.5 Å². The molecular formula is C10H17N5O3S. The Morgan fingerprint density at radius 2 is 2.37 bits per heavy atom. The number of aromatic nitrogens is 2. The predicted molar refractivity (Wildman–Crippen MR) is 68.6 cm³/mol. The van der Waals surface area contributed by atoms with Gasteiger partial charge in [0.2, 0.25) is 15.9 Å². The van der Waals surface area contributed by atoms with Crippen molar-refractivity contribution < 1.29 is 13.2 Å². The largest absolute Gasteiger partial charge is 0.383 e. The Kier molecular flexibility index (Phi) is 3.76. The van der Waals surface area contributed by atoms with Gasteiger partial charge in [0.05, 0.1) is 6.20 Å². The zero-order valence-corrected chi connectivity index (χ0v) is 11.4. The first kappa shape index (κ1) is 13.8. The first-order valence-electron chi connectivity index (χ1n) is 5.99. The molecule has 19 heavy (non-hydrogen) atoms. The maximum absolute atomic E-state index is 12.0. The van der Waals surface area contributed by atoms with E-state index in [2.05, 4.69) is 14.9 Å². The lowest BCUT2D eigenvalue weighted by molar-refractivity contribution is -0.127. The Balaban J connectivity index is 2.00. The summed E-state index contributed by atoms with van der Waals surface area (Å²) in [6.45, 7) is 2.74. The van der Waals surface area contributed by atoms with Crippen LogP contribution in [0, 0.1) is 0 Å². The Bertz CT molecular complexity index is 567. The normalized spacial score (nSPS) is 17.9. The number of hydrogen-bond donors (Lipinski definition) is 3. The Hall–Kier alpha value is -1.61. The lowest BCUT2D eigenvalue weighted by atomic mass is 10.3. The fourth-order valence-electron chi connectivity index (χ4n) is 2.09. The van der Waals surface area contributed by atoms with Gasteiger partial charge in [0.1, 0.15) is 10.7 Å². The minimum absolute atomic E-state index is 0.00283. The first-order chi connectivity index (χ1) is 8.90. The highest BCUT2D eigenvalue weighted by Crippen LogP contribution is 2.15. The molecule has 1 unspecified atom stereocenters. The number of likely N-dealkylation sites (tertiary alicyclic amines) is 1. The number of hydrogen-bond acceptors (Lipinski definition) is 5.